The molecular formula is C26H26N2O6S. The van der Waals surface area contributed by atoms with E-state index in [2.05, 4.69) is 4.72 Å². The lowest BCUT2D eigenvalue weighted by molar-refractivity contribution is 0.0214. The van der Waals surface area contributed by atoms with E-state index in [9.17, 15) is 18.3 Å². The number of phenols is 1. The molecule has 0 radical (unpaired) electrons. The van der Waals surface area contributed by atoms with Crippen LogP contribution in [0.5, 0.6) is 17.2 Å². The fraction of sp³-hybridized carbons (Fsp3) is 0.269. The SMILES string of the molecule is CC1(C)COc2ccc(-c3ccc4c(c3)CCN(c3ccc(O)c(NS(C)(=O)=O)c3)C4=O)cc2O1. The summed E-state index contributed by atoms with van der Waals surface area (Å²) in [6.45, 7) is 4.87. The Hall–Kier alpha value is -3.72. The van der Waals surface area contributed by atoms with Gasteiger partial charge < -0.3 is 19.5 Å². The summed E-state index contributed by atoms with van der Waals surface area (Å²) in [7, 11) is -3.58. The van der Waals surface area contributed by atoms with E-state index in [1.54, 1.807) is 11.0 Å². The van der Waals surface area contributed by atoms with E-state index < -0.39 is 15.6 Å². The van der Waals surface area contributed by atoms with Crippen LogP contribution < -0.4 is 19.1 Å². The molecule has 0 saturated carbocycles. The van der Waals surface area contributed by atoms with Crippen molar-refractivity contribution >= 4 is 27.3 Å². The van der Waals surface area contributed by atoms with Gasteiger partial charge in [-0.3, -0.25) is 9.52 Å². The van der Waals surface area contributed by atoms with E-state index in [-0.39, 0.29) is 17.3 Å². The highest BCUT2D eigenvalue weighted by Crippen LogP contribution is 2.39. The number of carbonyl (C=O) groups excluding carboxylic acids is 1. The lowest BCUT2D eigenvalue weighted by Crippen LogP contribution is -2.38. The topological polar surface area (TPSA) is 105 Å². The van der Waals surface area contributed by atoms with Gasteiger partial charge in [0.25, 0.3) is 5.91 Å². The lowest BCUT2D eigenvalue weighted by atomic mass is 9.93. The van der Waals surface area contributed by atoms with Gasteiger partial charge in [-0.05, 0) is 73.4 Å². The zero-order chi connectivity index (χ0) is 25.0. The Kier molecular flexibility index (Phi) is 5.40. The Morgan fingerprint density at radius 1 is 1.00 bits per heavy atom. The van der Waals surface area contributed by atoms with Crippen LogP contribution in [-0.4, -0.2) is 44.4 Å². The van der Waals surface area contributed by atoms with Gasteiger partial charge in [-0.1, -0.05) is 18.2 Å². The number of anilines is 2. The highest BCUT2D eigenvalue weighted by molar-refractivity contribution is 7.92. The van der Waals surface area contributed by atoms with Gasteiger partial charge in [-0.2, -0.15) is 0 Å². The predicted molar refractivity (Wildman–Crippen MR) is 134 cm³/mol. The quantitative estimate of drug-likeness (QED) is 0.527. The minimum absolute atomic E-state index is 0.0285. The van der Waals surface area contributed by atoms with Crippen LogP contribution in [0.2, 0.25) is 0 Å². The van der Waals surface area contributed by atoms with Crippen molar-refractivity contribution in [2.75, 3.05) is 29.0 Å². The molecule has 0 saturated heterocycles. The molecule has 0 unspecified atom stereocenters. The number of carbonyl (C=O) groups is 1. The first-order valence-electron chi connectivity index (χ1n) is 11.2. The first-order valence-corrected chi connectivity index (χ1v) is 13.1. The van der Waals surface area contributed by atoms with E-state index in [4.69, 9.17) is 9.47 Å². The van der Waals surface area contributed by atoms with Gasteiger partial charge in [-0.25, -0.2) is 8.42 Å². The molecule has 0 bridgehead atoms. The predicted octanol–water partition coefficient (Wildman–Crippen LogP) is 4.18. The molecule has 0 atom stereocenters. The Morgan fingerprint density at radius 2 is 1.74 bits per heavy atom. The van der Waals surface area contributed by atoms with Crippen molar-refractivity contribution in [2.24, 2.45) is 0 Å². The Balaban J connectivity index is 1.42. The molecule has 0 spiro atoms. The minimum atomic E-state index is -3.58. The fourth-order valence-corrected chi connectivity index (χ4v) is 4.92. The minimum Gasteiger partial charge on any atom is -0.506 e. The van der Waals surface area contributed by atoms with Crippen LogP contribution in [0.25, 0.3) is 11.1 Å². The van der Waals surface area contributed by atoms with Crippen molar-refractivity contribution in [3.05, 3.63) is 65.7 Å². The second-order valence-electron chi connectivity index (χ2n) is 9.47. The molecule has 9 heteroatoms. The van der Waals surface area contributed by atoms with Gasteiger partial charge in [0.05, 0.1) is 11.9 Å². The molecule has 0 aromatic heterocycles. The second kappa shape index (κ2) is 8.20. The molecule has 2 N–H and O–H groups in total. The monoisotopic (exact) mass is 494 g/mol. The van der Waals surface area contributed by atoms with Gasteiger partial charge in [0.1, 0.15) is 18.0 Å². The van der Waals surface area contributed by atoms with Gasteiger partial charge in [0.15, 0.2) is 11.5 Å². The third-order valence-electron chi connectivity index (χ3n) is 6.01. The van der Waals surface area contributed by atoms with Crippen molar-refractivity contribution in [2.45, 2.75) is 25.9 Å². The molecule has 35 heavy (non-hydrogen) atoms. The van der Waals surface area contributed by atoms with Crippen LogP contribution in [0.15, 0.2) is 54.6 Å². The summed E-state index contributed by atoms with van der Waals surface area (Å²) < 4.78 is 37.4. The van der Waals surface area contributed by atoms with Gasteiger partial charge >= 0.3 is 0 Å². The molecule has 3 aromatic carbocycles. The number of phenolic OH excluding ortho intramolecular Hbond substituents is 1. The van der Waals surface area contributed by atoms with Gasteiger partial charge in [0, 0.05) is 17.8 Å². The summed E-state index contributed by atoms with van der Waals surface area (Å²) in [5.74, 6) is 1.02. The highest BCUT2D eigenvalue weighted by Gasteiger charge is 2.29. The Morgan fingerprint density at radius 3 is 2.51 bits per heavy atom. The number of fused-ring (bicyclic) bond motifs is 2. The third-order valence-corrected chi connectivity index (χ3v) is 6.60. The standard InChI is InChI=1S/C26H26N2O6S/c1-26(2)15-33-23-9-5-17(13-24(23)34-26)16-4-7-20-18(12-16)10-11-28(25(20)30)19-6-8-22(29)21(14-19)27-35(3,31)32/h4-9,12-14,27,29H,10-11,15H2,1-3H3. The number of hydrogen-bond acceptors (Lipinski definition) is 6. The smallest absolute Gasteiger partial charge is 0.258 e. The maximum absolute atomic E-state index is 13.3. The van der Waals surface area contributed by atoms with Crippen LogP contribution in [0, 0.1) is 0 Å². The number of aromatic hydroxyl groups is 1. The molecule has 182 valence electrons. The number of ether oxygens (including phenoxy) is 2. The molecule has 1 amide bonds. The van der Waals surface area contributed by atoms with Crippen molar-refractivity contribution in [3.63, 3.8) is 0 Å². The van der Waals surface area contributed by atoms with E-state index >= 15 is 0 Å². The summed E-state index contributed by atoms with van der Waals surface area (Å²) in [5, 5.41) is 10.0. The summed E-state index contributed by atoms with van der Waals surface area (Å²) in [5.41, 5.74) is 3.60. The molecule has 2 aliphatic heterocycles. The number of nitrogens with zero attached hydrogens (tertiary/aromatic N) is 1. The number of amides is 1. The highest BCUT2D eigenvalue weighted by atomic mass is 32.2. The zero-order valence-electron chi connectivity index (χ0n) is 19.7. The zero-order valence-corrected chi connectivity index (χ0v) is 20.5. The summed E-state index contributed by atoms with van der Waals surface area (Å²) in [4.78, 5) is 14.9. The molecule has 5 rings (SSSR count). The maximum atomic E-state index is 13.3. The van der Waals surface area contributed by atoms with E-state index in [1.807, 2.05) is 50.2 Å². The van der Waals surface area contributed by atoms with Crippen LogP contribution in [0.1, 0.15) is 29.8 Å². The number of rotatable bonds is 4. The fourth-order valence-electron chi connectivity index (χ4n) is 4.35. The number of benzene rings is 3. The first kappa shape index (κ1) is 23.0. The lowest BCUT2D eigenvalue weighted by Gasteiger charge is -2.32. The summed E-state index contributed by atoms with van der Waals surface area (Å²) in [6.07, 6.45) is 1.63. The molecule has 3 aromatic rings. The van der Waals surface area contributed by atoms with Crippen LogP contribution in [-0.2, 0) is 16.4 Å². The Bertz CT molecular complexity index is 1450. The Labute approximate surface area is 204 Å². The normalized spacial score (nSPS) is 16.5. The van der Waals surface area contributed by atoms with Crippen molar-refractivity contribution in [1.29, 1.82) is 0 Å². The van der Waals surface area contributed by atoms with E-state index in [0.29, 0.717) is 36.6 Å². The number of nitrogens with one attached hydrogen (secondary N) is 1. The molecule has 2 aliphatic rings. The van der Waals surface area contributed by atoms with E-state index in [0.717, 1.165) is 28.7 Å². The second-order valence-corrected chi connectivity index (χ2v) is 11.2. The summed E-state index contributed by atoms with van der Waals surface area (Å²) >= 11 is 0. The average molecular weight is 495 g/mol. The van der Waals surface area contributed by atoms with Gasteiger partial charge in [-0.15, -0.1) is 0 Å². The van der Waals surface area contributed by atoms with Crippen LogP contribution in [0.4, 0.5) is 11.4 Å². The molecule has 2 heterocycles. The third kappa shape index (κ3) is 4.64. The van der Waals surface area contributed by atoms with Crippen LogP contribution >= 0.6 is 0 Å². The van der Waals surface area contributed by atoms with E-state index in [1.165, 1.54) is 12.1 Å². The van der Waals surface area contributed by atoms with Crippen molar-refractivity contribution in [3.8, 4) is 28.4 Å². The van der Waals surface area contributed by atoms with Gasteiger partial charge in [0.2, 0.25) is 10.0 Å². The largest absolute Gasteiger partial charge is 0.506 e. The average Bonchev–Trinajstić information content (AvgIpc) is 2.79. The number of sulfonamides is 1. The first-order chi connectivity index (χ1) is 16.5. The summed E-state index contributed by atoms with van der Waals surface area (Å²) in [6, 6.07) is 16.0. The molecule has 0 aliphatic carbocycles. The molecule has 0 fully saturated rings. The maximum Gasteiger partial charge on any atom is 0.258 e. The molecular weight excluding hydrogens is 468 g/mol. The van der Waals surface area contributed by atoms with Crippen molar-refractivity contribution < 1.29 is 27.8 Å². The van der Waals surface area contributed by atoms with Crippen LogP contribution in [0.3, 0.4) is 0 Å². The molecule has 8 nitrogen and oxygen atoms in total. The number of hydrogen-bond donors (Lipinski definition) is 2. The van der Waals surface area contributed by atoms with Crippen molar-refractivity contribution in [1.82, 2.24) is 0 Å².